The van der Waals surface area contributed by atoms with Gasteiger partial charge in [-0.1, -0.05) is 0 Å². The van der Waals surface area contributed by atoms with Crippen LogP contribution >= 0.6 is 11.8 Å². The van der Waals surface area contributed by atoms with Crippen LogP contribution in [0.4, 0.5) is 32.0 Å². The minimum absolute atomic E-state index is 0.0330. The number of carbonyl (C=O) groups excluding carboxylic acids is 1. The Morgan fingerprint density at radius 3 is 2.12 bits per heavy atom. The van der Waals surface area contributed by atoms with E-state index in [1.54, 1.807) is 0 Å². The molecule has 1 aromatic carbocycles. The van der Waals surface area contributed by atoms with E-state index < -0.39 is 35.1 Å². The molecule has 1 aromatic heterocycles. The molecule has 0 fully saturated rings. The summed E-state index contributed by atoms with van der Waals surface area (Å²) in [4.78, 5) is 11.8. The number of hydrogen-bond acceptors (Lipinski definition) is 3. The SMILES string of the molecule is O=C(CSc1cccc[n+]1[O-])Nc1cc(C(F)(F)F)cc(C(F)(F)F)c1. The van der Waals surface area contributed by atoms with E-state index in [0.717, 1.165) is 11.8 Å². The highest BCUT2D eigenvalue weighted by atomic mass is 32.2. The van der Waals surface area contributed by atoms with Gasteiger partial charge < -0.3 is 10.5 Å². The lowest BCUT2D eigenvalue weighted by molar-refractivity contribution is -0.645. The molecule has 0 spiro atoms. The van der Waals surface area contributed by atoms with Crippen molar-refractivity contribution in [2.45, 2.75) is 17.4 Å². The Morgan fingerprint density at radius 1 is 1.04 bits per heavy atom. The van der Waals surface area contributed by atoms with Gasteiger partial charge >= 0.3 is 12.4 Å². The molecule has 0 saturated carbocycles. The summed E-state index contributed by atoms with van der Waals surface area (Å²) < 4.78 is 77.1. The lowest BCUT2D eigenvalue weighted by Gasteiger charge is -2.14. The number of nitrogens with one attached hydrogen (secondary N) is 1. The highest BCUT2D eigenvalue weighted by Gasteiger charge is 2.37. The van der Waals surface area contributed by atoms with E-state index in [1.165, 1.54) is 24.4 Å². The summed E-state index contributed by atoms with van der Waals surface area (Å²) in [6.45, 7) is 0. The maximum absolute atomic E-state index is 12.8. The van der Waals surface area contributed by atoms with Gasteiger partial charge in [0.1, 0.15) is 0 Å². The molecule has 140 valence electrons. The first kappa shape index (κ1) is 19.9. The predicted molar refractivity (Wildman–Crippen MR) is 81.2 cm³/mol. The maximum atomic E-state index is 12.8. The number of hydrogen-bond donors (Lipinski definition) is 1. The molecule has 0 unspecified atom stereocenters. The van der Waals surface area contributed by atoms with E-state index in [0.29, 0.717) is 16.9 Å². The Hall–Kier alpha value is -2.43. The van der Waals surface area contributed by atoms with Gasteiger partial charge in [-0.3, -0.25) is 4.79 Å². The number of alkyl halides is 6. The molecule has 26 heavy (non-hydrogen) atoms. The third-order valence-corrected chi connectivity index (χ3v) is 4.03. The Kier molecular flexibility index (Phi) is 5.69. The highest BCUT2D eigenvalue weighted by molar-refractivity contribution is 7.99. The van der Waals surface area contributed by atoms with Crippen LogP contribution in [0, 0.1) is 5.21 Å². The molecular formula is C15H10F6N2O2S. The first-order valence-electron chi connectivity index (χ1n) is 6.87. The number of nitrogens with zero attached hydrogens (tertiary/aromatic N) is 1. The molecule has 0 aliphatic carbocycles. The van der Waals surface area contributed by atoms with Crippen LogP contribution in [-0.4, -0.2) is 11.7 Å². The predicted octanol–water partition coefficient (Wildman–Crippen LogP) is 4.09. The van der Waals surface area contributed by atoms with Gasteiger partial charge in [-0.25, -0.2) is 0 Å². The van der Waals surface area contributed by atoms with Crippen molar-refractivity contribution >= 4 is 23.4 Å². The number of carbonyl (C=O) groups is 1. The molecule has 0 radical (unpaired) electrons. The smallest absolute Gasteiger partial charge is 0.416 e. The first-order valence-corrected chi connectivity index (χ1v) is 7.86. The van der Waals surface area contributed by atoms with Crippen LogP contribution in [0.5, 0.6) is 0 Å². The Labute approximate surface area is 147 Å². The fraction of sp³-hybridized carbons (Fsp3) is 0.200. The van der Waals surface area contributed by atoms with E-state index in [9.17, 15) is 36.3 Å². The lowest BCUT2D eigenvalue weighted by atomic mass is 10.1. The van der Waals surface area contributed by atoms with Gasteiger partial charge in [-0.2, -0.15) is 31.1 Å². The molecule has 0 saturated heterocycles. The summed E-state index contributed by atoms with van der Waals surface area (Å²) in [6, 6.07) is 5.20. The van der Waals surface area contributed by atoms with E-state index >= 15 is 0 Å². The van der Waals surface area contributed by atoms with Crippen molar-refractivity contribution in [3.63, 3.8) is 0 Å². The van der Waals surface area contributed by atoms with Crippen molar-refractivity contribution in [3.05, 3.63) is 58.9 Å². The number of pyridine rings is 1. The quantitative estimate of drug-likeness (QED) is 0.367. The summed E-state index contributed by atoms with van der Waals surface area (Å²) in [5, 5.41) is 13.6. The highest BCUT2D eigenvalue weighted by Crippen LogP contribution is 2.37. The van der Waals surface area contributed by atoms with Crippen molar-refractivity contribution in [1.82, 2.24) is 0 Å². The maximum Gasteiger partial charge on any atom is 0.416 e. The van der Waals surface area contributed by atoms with Crippen LogP contribution in [-0.2, 0) is 17.1 Å². The Morgan fingerprint density at radius 2 is 1.62 bits per heavy atom. The normalized spacial score (nSPS) is 12.1. The van der Waals surface area contributed by atoms with Crippen molar-refractivity contribution in [1.29, 1.82) is 0 Å². The number of anilines is 1. The summed E-state index contributed by atoms with van der Waals surface area (Å²) in [5.41, 5.74) is -3.70. The molecule has 2 rings (SSSR count). The van der Waals surface area contributed by atoms with Gasteiger partial charge in [0.05, 0.1) is 16.9 Å². The minimum Gasteiger partial charge on any atom is -0.618 e. The van der Waals surface area contributed by atoms with Gasteiger partial charge in [-0.15, -0.1) is 0 Å². The molecule has 1 heterocycles. The van der Waals surface area contributed by atoms with Crippen molar-refractivity contribution in [3.8, 4) is 0 Å². The molecule has 0 aliphatic heterocycles. The molecule has 2 aromatic rings. The second-order valence-corrected chi connectivity index (χ2v) is 5.99. The number of amides is 1. The monoisotopic (exact) mass is 396 g/mol. The van der Waals surface area contributed by atoms with E-state index in [4.69, 9.17) is 0 Å². The summed E-state index contributed by atoms with van der Waals surface area (Å²) in [7, 11) is 0. The topological polar surface area (TPSA) is 56.0 Å². The molecule has 1 amide bonds. The first-order chi connectivity index (χ1) is 12.0. The van der Waals surface area contributed by atoms with Crippen molar-refractivity contribution in [2.75, 3.05) is 11.1 Å². The fourth-order valence-corrected chi connectivity index (χ4v) is 2.60. The van der Waals surface area contributed by atoms with Gasteiger partial charge in [-0.05, 0) is 36.0 Å². The number of benzene rings is 1. The van der Waals surface area contributed by atoms with Crippen molar-refractivity contribution < 1.29 is 35.9 Å². The average Bonchev–Trinajstić information content (AvgIpc) is 2.52. The minimum atomic E-state index is -5.01. The van der Waals surface area contributed by atoms with Gasteiger partial charge in [0.15, 0.2) is 6.20 Å². The molecule has 0 bridgehead atoms. The number of thioether (sulfide) groups is 1. The number of rotatable bonds is 4. The molecule has 4 nitrogen and oxygen atoms in total. The fourth-order valence-electron chi connectivity index (χ4n) is 1.89. The van der Waals surface area contributed by atoms with Crippen molar-refractivity contribution in [2.24, 2.45) is 0 Å². The molecule has 0 atom stereocenters. The van der Waals surface area contributed by atoms with Crippen LogP contribution in [0.2, 0.25) is 0 Å². The zero-order chi connectivity index (χ0) is 19.5. The Balaban J connectivity index is 2.17. The Bertz CT molecular complexity index is 775. The van der Waals surface area contributed by atoms with Gasteiger partial charge in [0.2, 0.25) is 5.91 Å². The summed E-state index contributed by atoms with van der Waals surface area (Å²) >= 11 is 0.788. The summed E-state index contributed by atoms with van der Waals surface area (Å²) in [6.07, 6.45) is -8.83. The second kappa shape index (κ2) is 7.44. The van der Waals surface area contributed by atoms with E-state index in [2.05, 4.69) is 0 Å². The number of halogens is 6. The molecular weight excluding hydrogens is 386 g/mol. The summed E-state index contributed by atoms with van der Waals surface area (Å²) in [5.74, 6) is -1.23. The van der Waals surface area contributed by atoms with Crippen LogP contribution in [0.15, 0.2) is 47.6 Å². The standard InChI is InChI=1S/C15H10F6N2O2S/c16-14(17,18)9-5-10(15(19,20)21)7-11(6-9)22-12(24)8-26-13-3-1-2-4-23(13)25/h1-7H,8H2,(H,22,24). The van der Waals surface area contributed by atoms with Crippen LogP contribution < -0.4 is 10.0 Å². The van der Waals surface area contributed by atoms with Gasteiger partial charge in [0, 0.05) is 17.8 Å². The zero-order valence-corrected chi connectivity index (χ0v) is 13.5. The lowest BCUT2D eigenvalue weighted by Crippen LogP contribution is -2.28. The molecule has 0 aliphatic rings. The van der Waals surface area contributed by atoms with Crippen LogP contribution in [0.1, 0.15) is 11.1 Å². The largest absolute Gasteiger partial charge is 0.618 e. The average molecular weight is 396 g/mol. The second-order valence-electron chi connectivity index (χ2n) is 5.00. The van der Waals surface area contributed by atoms with E-state index in [-0.39, 0.29) is 16.8 Å². The van der Waals surface area contributed by atoms with Crippen LogP contribution in [0.3, 0.4) is 0 Å². The number of aromatic nitrogens is 1. The zero-order valence-electron chi connectivity index (χ0n) is 12.7. The molecule has 1 N–H and O–H groups in total. The van der Waals surface area contributed by atoms with Crippen LogP contribution in [0.25, 0.3) is 0 Å². The molecule has 11 heteroatoms. The van der Waals surface area contributed by atoms with E-state index in [1.807, 2.05) is 5.32 Å². The third kappa shape index (κ3) is 5.28. The third-order valence-electron chi connectivity index (χ3n) is 3.01. The van der Waals surface area contributed by atoms with Gasteiger partial charge in [0.25, 0.3) is 5.03 Å².